The van der Waals surface area contributed by atoms with Crippen LogP contribution in [0.15, 0.2) is 96.2 Å². The molecule has 0 saturated carbocycles. The topological polar surface area (TPSA) is 103 Å². The zero-order valence-electron chi connectivity index (χ0n) is 20.9. The Morgan fingerprint density at radius 1 is 0.974 bits per heavy atom. The second kappa shape index (κ2) is 10.9. The smallest absolute Gasteiger partial charge is 0.269 e. The number of fused-ring (bicyclic) bond motifs is 1. The van der Waals surface area contributed by atoms with Gasteiger partial charge in [0, 0.05) is 29.1 Å². The molecule has 0 spiro atoms. The van der Waals surface area contributed by atoms with Gasteiger partial charge in [-0.05, 0) is 54.4 Å². The Bertz CT molecular complexity index is 1630. The maximum Gasteiger partial charge on any atom is 0.269 e. The number of nitro groups is 1. The number of hydrogen-bond donors (Lipinski definition) is 1. The number of nitrogens with one attached hydrogen (secondary N) is 1. The highest BCUT2D eigenvalue weighted by molar-refractivity contribution is 7.98. The Morgan fingerprint density at radius 3 is 2.47 bits per heavy atom. The molecule has 5 aromatic rings. The van der Waals surface area contributed by atoms with E-state index in [-0.39, 0.29) is 11.6 Å². The summed E-state index contributed by atoms with van der Waals surface area (Å²) < 4.78 is 1.84. The molecule has 0 aliphatic carbocycles. The minimum atomic E-state index is -0.481. The van der Waals surface area contributed by atoms with Crippen LogP contribution in [0.5, 0.6) is 0 Å². The lowest BCUT2D eigenvalue weighted by atomic mass is 10.1. The normalized spacial score (nSPS) is 11.8. The molecule has 1 atom stereocenters. The fourth-order valence-corrected chi connectivity index (χ4v) is 5.15. The first-order valence-corrected chi connectivity index (χ1v) is 13.1. The largest absolute Gasteiger partial charge is 0.342 e. The molecule has 0 aliphatic rings. The molecule has 1 aromatic heterocycles. The van der Waals surface area contributed by atoms with Crippen molar-refractivity contribution < 1.29 is 9.72 Å². The summed E-state index contributed by atoms with van der Waals surface area (Å²) in [4.78, 5) is 23.9. The molecule has 1 unspecified atom stereocenters. The number of non-ortho nitro benzene ring substituents is 1. The van der Waals surface area contributed by atoms with E-state index in [4.69, 9.17) is 0 Å². The summed E-state index contributed by atoms with van der Waals surface area (Å²) in [6, 6.07) is 27.5. The van der Waals surface area contributed by atoms with Gasteiger partial charge in [0.15, 0.2) is 11.0 Å². The van der Waals surface area contributed by atoms with Crippen molar-refractivity contribution in [1.29, 1.82) is 0 Å². The number of aromatic nitrogens is 3. The molecule has 0 aliphatic heterocycles. The quantitative estimate of drug-likeness (QED) is 0.143. The molecular weight excluding hydrogens is 498 g/mol. The van der Waals surface area contributed by atoms with Gasteiger partial charge in [0.2, 0.25) is 0 Å². The molecular formula is C29H25N5O3S. The lowest BCUT2D eigenvalue weighted by Gasteiger charge is -2.16. The minimum absolute atomic E-state index is 0.00464. The predicted molar refractivity (Wildman–Crippen MR) is 149 cm³/mol. The number of hydrogen-bond acceptors (Lipinski definition) is 6. The average Bonchev–Trinajstić information content (AvgIpc) is 3.36. The van der Waals surface area contributed by atoms with Crippen molar-refractivity contribution in [3.8, 4) is 5.69 Å². The second-order valence-electron chi connectivity index (χ2n) is 8.98. The molecule has 1 amide bonds. The van der Waals surface area contributed by atoms with Gasteiger partial charge in [-0.15, -0.1) is 10.2 Å². The first-order valence-electron chi connectivity index (χ1n) is 12.1. The zero-order valence-corrected chi connectivity index (χ0v) is 21.7. The number of carbonyl (C=O) groups excluding carboxylic acids is 1. The van der Waals surface area contributed by atoms with Crippen LogP contribution < -0.4 is 5.32 Å². The third kappa shape index (κ3) is 5.42. The van der Waals surface area contributed by atoms with Crippen LogP contribution in [0.1, 0.15) is 40.3 Å². The molecule has 1 heterocycles. The van der Waals surface area contributed by atoms with E-state index in [1.807, 2.05) is 66.9 Å². The van der Waals surface area contributed by atoms with Crippen LogP contribution in [0.3, 0.4) is 0 Å². The van der Waals surface area contributed by atoms with Crippen LogP contribution in [0.25, 0.3) is 16.5 Å². The first kappa shape index (κ1) is 25.2. The van der Waals surface area contributed by atoms with Gasteiger partial charge in [-0.3, -0.25) is 19.5 Å². The Hall–Kier alpha value is -4.50. The number of aryl methyl sites for hydroxylation is 1. The van der Waals surface area contributed by atoms with E-state index >= 15 is 0 Å². The van der Waals surface area contributed by atoms with Crippen molar-refractivity contribution in [2.45, 2.75) is 30.8 Å². The third-order valence-corrected chi connectivity index (χ3v) is 7.17. The summed E-state index contributed by atoms with van der Waals surface area (Å²) in [6.07, 6.45) is 0. The van der Waals surface area contributed by atoms with Gasteiger partial charge in [-0.1, -0.05) is 71.9 Å². The van der Waals surface area contributed by atoms with Gasteiger partial charge in [0.1, 0.15) is 0 Å². The molecule has 38 heavy (non-hydrogen) atoms. The second-order valence-corrected chi connectivity index (χ2v) is 9.93. The Labute approximate surface area is 223 Å². The lowest BCUT2D eigenvalue weighted by Crippen LogP contribution is -2.28. The highest BCUT2D eigenvalue weighted by Crippen LogP contribution is 2.29. The summed E-state index contributed by atoms with van der Waals surface area (Å²) in [7, 11) is 0. The van der Waals surface area contributed by atoms with Gasteiger partial charge in [-0.2, -0.15) is 0 Å². The van der Waals surface area contributed by atoms with Crippen LogP contribution in [0, 0.1) is 17.0 Å². The SMILES string of the molecule is Cc1cccc(CSc2nnc(C(C)NC(=O)c3ccc4ccccc4c3)n2-c2ccc([N+](=O)[O-])cc2)c1. The van der Waals surface area contributed by atoms with E-state index in [9.17, 15) is 14.9 Å². The summed E-state index contributed by atoms with van der Waals surface area (Å²) in [6.45, 7) is 3.89. The van der Waals surface area contributed by atoms with Crippen LogP contribution >= 0.6 is 11.8 Å². The van der Waals surface area contributed by atoms with Gasteiger partial charge in [0.25, 0.3) is 11.6 Å². The third-order valence-electron chi connectivity index (χ3n) is 6.17. The standard InChI is InChI=1S/C29H25N5O3S/c1-19-6-5-7-21(16-19)18-38-29-32-31-27(33(29)25-12-14-26(15-13-25)34(36)37)20(2)30-28(35)24-11-10-22-8-3-4-9-23(22)17-24/h3-17,20H,18H2,1-2H3,(H,30,35). The summed E-state index contributed by atoms with van der Waals surface area (Å²) >= 11 is 1.51. The monoisotopic (exact) mass is 523 g/mol. The Morgan fingerprint density at radius 2 is 1.74 bits per heavy atom. The first-order chi connectivity index (χ1) is 18.4. The molecule has 190 valence electrons. The number of rotatable bonds is 8. The predicted octanol–water partition coefficient (Wildman–Crippen LogP) is 6.42. The van der Waals surface area contributed by atoms with E-state index in [1.165, 1.54) is 29.5 Å². The Kier molecular flexibility index (Phi) is 7.19. The Balaban J connectivity index is 1.44. The number of nitro benzene ring substituents is 1. The van der Waals surface area contributed by atoms with Gasteiger partial charge < -0.3 is 5.32 Å². The molecule has 0 radical (unpaired) electrons. The van der Waals surface area contributed by atoms with Gasteiger partial charge in [-0.25, -0.2) is 0 Å². The van der Waals surface area contributed by atoms with Crippen molar-refractivity contribution in [1.82, 2.24) is 20.1 Å². The molecule has 8 nitrogen and oxygen atoms in total. The number of benzene rings is 4. The maximum absolute atomic E-state index is 13.1. The maximum atomic E-state index is 13.1. The van der Waals surface area contributed by atoms with Crippen LogP contribution in [-0.2, 0) is 5.75 Å². The van der Waals surface area contributed by atoms with Crippen LogP contribution in [0.4, 0.5) is 5.69 Å². The number of thioether (sulfide) groups is 1. The van der Waals surface area contributed by atoms with Crippen molar-refractivity contribution in [3.05, 3.63) is 124 Å². The molecule has 4 aromatic carbocycles. The van der Waals surface area contributed by atoms with E-state index in [1.54, 1.807) is 18.2 Å². The number of nitrogens with zero attached hydrogens (tertiary/aromatic N) is 4. The number of carbonyl (C=O) groups is 1. The van der Waals surface area contributed by atoms with Crippen molar-refractivity contribution >= 4 is 34.1 Å². The summed E-state index contributed by atoms with van der Waals surface area (Å²) in [5.74, 6) is 0.972. The van der Waals surface area contributed by atoms with E-state index < -0.39 is 11.0 Å². The average molecular weight is 524 g/mol. The van der Waals surface area contributed by atoms with Crippen LogP contribution in [0.2, 0.25) is 0 Å². The zero-order chi connectivity index (χ0) is 26.6. The van der Waals surface area contributed by atoms with Crippen LogP contribution in [-0.4, -0.2) is 25.6 Å². The molecule has 0 fully saturated rings. The molecule has 0 bridgehead atoms. The highest BCUT2D eigenvalue weighted by Gasteiger charge is 2.22. The van der Waals surface area contributed by atoms with Crippen molar-refractivity contribution in [3.63, 3.8) is 0 Å². The fourth-order valence-electron chi connectivity index (χ4n) is 4.25. The molecule has 0 saturated heterocycles. The molecule has 1 N–H and O–H groups in total. The van der Waals surface area contributed by atoms with E-state index in [0.29, 0.717) is 28.0 Å². The van der Waals surface area contributed by atoms with E-state index in [2.05, 4.69) is 27.6 Å². The van der Waals surface area contributed by atoms with Crippen molar-refractivity contribution in [2.75, 3.05) is 0 Å². The van der Waals surface area contributed by atoms with Gasteiger partial charge >= 0.3 is 0 Å². The minimum Gasteiger partial charge on any atom is -0.342 e. The van der Waals surface area contributed by atoms with E-state index in [0.717, 1.165) is 16.3 Å². The highest BCUT2D eigenvalue weighted by atomic mass is 32.2. The lowest BCUT2D eigenvalue weighted by molar-refractivity contribution is -0.384. The fraction of sp³-hybridized carbons (Fsp3) is 0.138. The molecule has 9 heteroatoms. The van der Waals surface area contributed by atoms with Gasteiger partial charge in [0.05, 0.1) is 11.0 Å². The molecule has 5 rings (SSSR count). The number of amides is 1. The summed E-state index contributed by atoms with van der Waals surface area (Å²) in [5, 5.41) is 25.7. The van der Waals surface area contributed by atoms with Crippen molar-refractivity contribution in [2.24, 2.45) is 0 Å². The summed E-state index contributed by atoms with van der Waals surface area (Å²) in [5.41, 5.74) is 3.54.